The predicted octanol–water partition coefficient (Wildman–Crippen LogP) is 5.40. The third-order valence-corrected chi connectivity index (χ3v) is 5.09. The lowest BCUT2D eigenvalue weighted by molar-refractivity contribution is 0.482. The molecule has 0 aliphatic rings. The van der Waals surface area contributed by atoms with E-state index in [9.17, 15) is 13.0 Å². The first-order chi connectivity index (χ1) is 12.0. The Hall–Kier alpha value is -2.25. The molecule has 2 aromatic carbocycles. The lowest BCUT2D eigenvalue weighted by Gasteiger charge is -2.14. The first kappa shape index (κ1) is 20.1. The van der Waals surface area contributed by atoms with E-state index >= 15 is 0 Å². The fraction of sp³-hybridized carbons (Fsp3) is 0.368. The first-order valence-corrected chi connectivity index (χ1v) is 9.81. The molecule has 0 unspecified atom stereocenters. The predicted molar refractivity (Wildman–Crippen MR) is 105 cm³/mol. The summed E-state index contributed by atoms with van der Waals surface area (Å²) in [5.41, 5.74) is 5.43. The van der Waals surface area contributed by atoms with Gasteiger partial charge in [-0.05, 0) is 82.0 Å². The van der Waals surface area contributed by atoms with Crippen LogP contribution >= 0.6 is 0 Å². The van der Waals surface area contributed by atoms with Crippen molar-refractivity contribution in [3.05, 3.63) is 46.5 Å². The SMILES string of the molecule is Cc1cc(N=Nc2cc(S(=O)(=O)O)c(C)cc2C)c(NC(C)C)cc1C. The van der Waals surface area contributed by atoms with Gasteiger partial charge in [0.05, 0.1) is 16.3 Å². The van der Waals surface area contributed by atoms with Crippen molar-refractivity contribution in [1.82, 2.24) is 0 Å². The maximum Gasteiger partial charge on any atom is 0.294 e. The number of hydrogen-bond acceptors (Lipinski definition) is 5. The molecule has 0 saturated carbocycles. The second kappa shape index (κ2) is 7.55. The monoisotopic (exact) mass is 375 g/mol. The molecule has 0 aliphatic heterocycles. The van der Waals surface area contributed by atoms with Gasteiger partial charge >= 0.3 is 0 Å². The molecule has 6 nitrogen and oxygen atoms in total. The summed E-state index contributed by atoms with van der Waals surface area (Å²) >= 11 is 0. The number of nitrogens with one attached hydrogen (secondary N) is 1. The third kappa shape index (κ3) is 4.68. The van der Waals surface area contributed by atoms with E-state index in [1.807, 2.05) is 46.8 Å². The van der Waals surface area contributed by atoms with Crippen LogP contribution in [0.25, 0.3) is 0 Å². The molecule has 2 aromatic rings. The molecule has 0 aliphatic carbocycles. The highest BCUT2D eigenvalue weighted by Crippen LogP contribution is 2.32. The summed E-state index contributed by atoms with van der Waals surface area (Å²) in [4.78, 5) is -0.155. The minimum atomic E-state index is -4.31. The Kier molecular flexibility index (Phi) is 5.83. The fourth-order valence-corrected chi connectivity index (χ4v) is 3.35. The first-order valence-electron chi connectivity index (χ1n) is 8.37. The zero-order valence-corrected chi connectivity index (χ0v) is 16.8. The molecule has 0 atom stereocenters. The van der Waals surface area contributed by atoms with Crippen LogP contribution in [0.1, 0.15) is 36.1 Å². The van der Waals surface area contributed by atoms with Gasteiger partial charge in [-0.1, -0.05) is 6.07 Å². The van der Waals surface area contributed by atoms with Crippen molar-refractivity contribution in [1.29, 1.82) is 0 Å². The summed E-state index contributed by atoms with van der Waals surface area (Å²) in [7, 11) is -4.31. The number of anilines is 1. The molecule has 0 fully saturated rings. The smallest absolute Gasteiger partial charge is 0.294 e. The van der Waals surface area contributed by atoms with E-state index in [2.05, 4.69) is 15.5 Å². The molecule has 2 rings (SSSR count). The molecule has 7 heteroatoms. The fourth-order valence-electron chi connectivity index (χ4n) is 2.63. The second-order valence-corrected chi connectivity index (χ2v) is 8.22. The van der Waals surface area contributed by atoms with E-state index in [0.717, 1.165) is 22.4 Å². The molecule has 26 heavy (non-hydrogen) atoms. The van der Waals surface area contributed by atoms with Gasteiger partial charge in [0.25, 0.3) is 10.1 Å². The van der Waals surface area contributed by atoms with Gasteiger partial charge in [-0.3, -0.25) is 4.55 Å². The number of benzene rings is 2. The summed E-state index contributed by atoms with van der Waals surface area (Å²) in [6.45, 7) is 11.6. The van der Waals surface area contributed by atoms with Crippen LogP contribution in [0, 0.1) is 27.7 Å². The average molecular weight is 375 g/mol. The van der Waals surface area contributed by atoms with Gasteiger partial charge in [0, 0.05) is 6.04 Å². The Morgan fingerprint density at radius 3 is 2.00 bits per heavy atom. The Morgan fingerprint density at radius 2 is 1.42 bits per heavy atom. The Labute approximate surface area is 155 Å². The number of azo groups is 1. The highest BCUT2D eigenvalue weighted by molar-refractivity contribution is 7.85. The van der Waals surface area contributed by atoms with Crippen molar-refractivity contribution < 1.29 is 13.0 Å². The molecule has 0 amide bonds. The van der Waals surface area contributed by atoms with Crippen LogP contribution < -0.4 is 5.32 Å². The van der Waals surface area contributed by atoms with Crippen LogP contribution in [0.3, 0.4) is 0 Å². The minimum absolute atomic E-state index is 0.155. The van der Waals surface area contributed by atoms with E-state index in [1.165, 1.54) is 6.07 Å². The quantitative estimate of drug-likeness (QED) is 0.540. The summed E-state index contributed by atoms with van der Waals surface area (Å²) in [6.07, 6.45) is 0. The van der Waals surface area contributed by atoms with E-state index < -0.39 is 10.1 Å². The Bertz CT molecular complexity index is 964. The number of aryl methyl sites for hydroxylation is 4. The molecule has 0 heterocycles. The largest absolute Gasteiger partial charge is 0.381 e. The van der Waals surface area contributed by atoms with E-state index in [1.54, 1.807) is 13.0 Å². The summed E-state index contributed by atoms with van der Waals surface area (Å²) in [5, 5.41) is 11.9. The molecular weight excluding hydrogens is 350 g/mol. The van der Waals surface area contributed by atoms with Crippen molar-refractivity contribution in [3.8, 4) is 0 Å². The summed E-state index contributed by atoms with van der Waals surface area (Å²) in [6, 6.07) is 7.22. The molecule has 2 N–H and O–H groups in total. The minimum Gasteiger partial charge on any atom is -0.381 e. The van der Waals surface area contributed by atoms with Crippen molar-refractivity contribution in [2.24, 2.45) is 10.2 Å². The maximum absolute atomic E-state index is 11.5. The average Bonchev–Trinajstić information content (AvgIpc) is 2.49. The van der Waals surface area contributed by atoms with Gasteiger partial charge < -0.3 is 5.32 Å². The molecule has 140 valence electrons. The van der Waals surface area contributed by atoms with Crippen LogP contribution in [-0.4, -0.2) is 19.0 Å². The lowest BCUT2D eigenvalue weighted by atomic mass is 10.1. The Balaban J connectivity index is 2.52. The van der Waals surface area contributed by atoms with Crippen molar-refractivity contribution in [3.63, 3.8) is 0 Å². The number of hydrogen-bond donors (Lipinski definition) is 2. The van der Waals surface area contributed by atoms with Crippen molar-refractivity contribution >= 4 is 27.2 Å². The standard InChI is InChI=1S/C19H25N3O3S/c1-11(2)20-17-8-12(3)13(4)9-18(17)22-21-16-10-19(26(23,24)25)15(6)7-14(16)5/h7-11,20H,1-6H3,(H,23,24,25). The highest BCUT2D eigenvalue weighted by atomic mass is 32.2. The maximum atomic E-state index is 11.5. The molecule has 0 bridgehead atoms. The summed E-state index contributed by atoms with van der Waals surface area (Å²) < 4.78 is 32.4. The molecule has 0 radical (unpaired) electrons. The molecule has 0 spiro atoms. The highest BCUT2D eigenvalue weighted by Gasteiger charge is 2.15. The van der Waals surface area contributed by atoms with Crippen LogP contribution in [0.5, 0.6) is 0 Å². The van der Waals surface area contributed by atoms with Gasteiger partial charge in [0.15, 0.2) is 0 Å². The Morgan fingerprint density at radius 1 is 0.846 bits per heavy atom. The lowest BCUT2D eigenvalue weighted by Crippen LogP contribution is -2.10. The van der Waals surface area contributed by atoms with Gasteiger partial charge in [-0.25, -0.2) is 0 Å². The zero-order valence-electron chi connectivity index (χ0n) is 16.0. The van der Waals surface area contributed by atoms with E-state index in [0.29, 0.717) is 16.9 Å². The van der Waals surface area contributed by atoms with Gasteiger partial charge in [-0.15, -0.1) is 5.11 Å². The van der Waals surface area contributed by atoms with Crippen LogP contribution in [0.2, 0.25) is 0 Å². The van der Waals surface area contributed by atoms with E-state index in [-0.39, 0.29) is 10.9 Å². The normalized spacial score (nSPS) is 12.2. The molecular formula is C19H25N3O3S. The van der Waals surface area contributed by atoms with Gasteiger partial charge in [0.2, 0.25) is 0 Å². The third-order valence-electron chi connectivity index (χ3n) is 4.09. The summed E-state index contributed by atoms with van der Waals surface area (Å²) in [5.74, 6) is 0. The van der Waals surface area contributed by atoms with Crippen molar-refractivity contribution in [2.45, 2.75) is 52.5 Å². The van der Waals surface area contributed by atoms with Gasteiger partial charge in [-0.2, -0.15) is 13.5 Å². The van der Waals surface area contributed by atoms with Crippen LogP contribution in [-0.2, 0) is 10.1 Å². The number of nitrogens with zero attached hydrogens (tertiary/aromatic N) is 2. The zero-order chi connectivity index (χ0) is 19.6. The van der Waals surface area contributed by atoms with Crippen molar-refractivity contribution in [2.75, 3.05) is 5.32 Å². The molecule has 0 aromatic heterocycles. The molecule has 0 saturated heterocycles. The van der Waals surface area contributed by atoms with E-state index in [4.69, 9.17) is 0 Å². The number of rotatable bonds is 5. The van der Waals surface area contributed by atoms with Gasteiger partial charge in [0.1, 0.15) is 5.69 Å². The second-order valence-electron chi connectivity index (χ2n) is 6.83. The van der Waals surface area contributed by atoms with Crippen LogP contribution in [0.4, 0.5) is 17.1 Å². The van der Waals surface area contributed by atoms with Crippen LogP contribution in [0.15, 0.2) is 39.4 Å². The topological polar surface area (TPSA) is 91.1 Å².